The molecule has 0 N–H and O–H groups in total. The van der Waals surface area contributed by atoms with E-state index in [1.807, 2.05) is 23.2 Å². The molecule has 132 valence electrons. The van der Waals surface area contributed by atoms with Gasteiger partial charge in [0, 0.05) is 25.1 Å². The van der Waals surface area contributed by atoms with Gasteiger partial charge in [0.25, 0.3) is 0 Å². The smallest absolute Gasteiger partial charge is 0.225 e. The fraction of sp³-hybridized carbons (Fsp3) is 0.238. The number of aryl methyl sites for hydroxylation is 1. The zero-order valence-corrected chi connectivity index (χ0v) is 16.0. The minimum Gasteiger partial charge on any atom is -0.296 e. The predicted molar refractivity (Wildman–Crippen MR) is 109 cm³/mol. The number of carbonyl (C=O) groups excluding carboxylic acids is 1. The highest BCUT2D eigenvalue weighted by Gasteiger charge is 2.24. The second kappa shape index (κ2) is 6.57. The van der Waals surface area contributed by atoms with E-state index in [2.05, 4.69) is 47.9 Å². The third-order valence-corrected chi connectivity index (χ3v) is 5.67. The molecular weight excluding hydrogens is 342 g/mol. The molecule has 0 saturated heterocycles. The van der Waals surface area contributed by atoms with Gasteiger partial charge in [-0.1, -0.05) is 31.2 Å². The van der Waals surface area contributed by atoms with Gasteiger partial charge in [0.15, 0.2) is 0 Å². The number of thiophene rings is 1. The predicted octanol–water partition coefficient (Wildman–Crippen LogP) is 5.29. The van der Waals surface area contributed by atoms with Crippen LogP contribution < -0.4 is 4.90 Å². The molecule has 4 aromatic rings. The quantitative estimate of drug-likeness (QED) is 0.494. The van der Waals surface area contributed by atoms with Gasteiger partial charge in [0.2, 0.25) is 5.91 Å². The van der Waals surface area contributed by atoms with Crippen LogP contribution in [0.4, 0.5) is 5.82 Å². The first kappa shape index (κ1) is 16.8. The van der Waals surface area contributed by atoms with Crippen molar-refractivity contribution in [3.63, 3.8) is 0 Å². The number of hydrogen-bond acceptors (Lipinski definition) is 3. The summed E-state index contributed by atoms with van der Waals surface area (Å²) in [5, 5.41) is 4.32. The van der Waals surface area contributed by atoms with Crippen molar-refractivity contribution < 1.29 is 4.79 Å². The van der Waals surface area contributed by atoms with Gasteiger partial charge in [-0.2, -0.15) is 0 Å². The van der Waals surface area contributed by atoms with E-state index in [-0.39, 0.29) is 5.91 Å². The molecule has 3 heterocycles. The molecular formula is C21H21N3OS. The topological polar surface area (TPSA) is 37.6 Å². The van der Waals surface area contributed by atoms with Crippen molar-refractivity contribution in [2.24, 2.45) is 0 Å². The van der Waals surface area contributed by atoms with Crippen molar-refractivity contribution in [1.29, 1.82) is 0 Å². The van der Waals surface area contributed by atoms with Gasteiger partial charge in [0.05, 0.1) is 4.88 Å². The molecule has 1 aromatic carbocycles. The Morgan fingerprint density at radius 1 is 1.23 bits per heavy atom. The number of carbonyl (C=O) groups is 1. The first-order chi connectivity index (χ1) is 12.6. The summed E-state index contributed by atoms with van der Waals surface area (Å²) in [6.45, 7) is 6.48. The number of hydrogen-bond donors (Lipinski definition) is 0. The number of rotatable bonds is 4. The average Bonchev–Trinajstić information content (AvgIpc) is 3.22. The van der Waals surface area contributed by atoms with Crippen molar-refractivity contribution in [1.82, 2.24) is 9.38 Å². The molecule has 4 rings (SSSR count). The summed E-state index contributed by atoms with van der Waals surface area (Å²) in [4.78, 5) is 20.4. The maximum absolute atomic E-state index is 12.4. The van der Waals surface area contributed by atoms with E-state index in [1.165, 1.54) is 5.56 Å². The normalized spacial score (nSPS) is 11.3. The van der Waals surface area contributed by atoms with E-state index >= 15 is 0 Å². The van der Waals surface area contributed by atoms with Gasteiger partial charge in [-0.25, -0.2) is 4.98 Å². The molecule has 5 heteroatoms. The molecule has 0 unspecified atom stereocenters. The van der Waals surface area contributed by atoms with Gasteiger partial charge in [0.1, 0.15) is 17.2 Å². The molecule has 0 aliphatic carbocycles. The largest absolute Gasteiger partial charge is 0.296 e. The molecule has 0 saturated carbocycles. The van der Waals surface area contributed by atoms with Crippen LogP contribution in [0.3, 0.4) is 0 Å². The molecule has 0 fully saturated rings. The number of benzene rings is 1. The fourth-order valence-corrected chi connectivity index (χ4v) is 4.33. The summed E-state index contributed by atoms with van der Waals surface area (Å²) in [5.41, 5.74) is 2.96. The molecule has 4 nitrogen and oxygen atoms in total. The zero-order chi connectivity index (χ0) is 18.3. The Balaban J connectivity index is 2.10. The van der Waals surface area contributed by atoms with Crippen molar-refractivity contribution >= 4 is 39.5 Å². The minimum absolute atomic E-state index is 0.0391. The molecule has 0 bridgehead atoms. The second-order valence-electron chi connectivity index (χ2n) is 6.48. The van der Waals surface area contributed by atoms with E-state index in [0.717, 1.165) is 39.2 Å². The number of nitrogens with zero attached hydrogens (tertiary/aromatic N) is 3. The minimum atomic E-state index is 0.0391. The van der Waals surface area contributed by atoms with Crippen LogP contribution >= 0.6 is 11.3 Å². The van der Waals surface area contributed by atoms with Crippen LogP contribution in [0.1, 0.15) is 25.8 Å². The molecule has 1 amide bonds. The monoisotopic (exact) mass is 363 g/mol. The highest BCUT2D eigenvalue weighted by atomic mass is 32.1. The summed E-state index contributed by atoms with van der Waals surface area (Å²) in [5.74, 6) is 0.905. The summed E-state index contributed by atoms with van der Waals surface area (Å²) < 4.78 is 2.06. The molecule has 0 spiro atoms. The number of amides is 1. The third-order valence-electron chi connectivity index (χ3n) is 4.65. The highest BCUT2D eigenvalue weighted by Crippen LogP contribution is 2.38. The Hall–Kier alpha value is -2.66. The van der Waals surface area contributed by atoms with E-state index in [4.69, 9.17) is 4.98 Å². The second-order valence-corrected chi connectivity index (χ2v) is 7.40. The molecule has 26 heavy (non-hydrogen) atoms. The standard InChI is InChI=1S/C21H21N3OS/c1-4-11-23(15(3)25)21-18(19-14(2)10-13-26-19)22-20-17-8-6-5-7-16(17)9-12-24(20)21/h5-10,12-13H,4,11H2,1-3H3. The Morgan fingerprint density at radius 2 is 2.04 bits per heavy atom. The maximum Gasteiger partial charge on any atom is 0.225 e. The molecule has 0 radical (unpaired) electrons. The van der Waals surface area contributed by atoms with E-state index in [9.17, 15) is 4.79 Å². The number of fused-ring (bicyclic) bond motifs is 3. The van der Waals surface area contributed by atoms with E-state index in [0.29, 0.717) is 6.54 Å². The lowest BCUT2D eigenvalue weighted by atomic mass is 10.2. The van der Waals surface area contributed by atoms with E-state index < -0.39 is 0 Å². The number of anilines is 1. The summed E-state index contributed by atoms with van der Waals surface area (Å²) in [6, 6.07) is 12.4. The van der Waals surface area contributed by atoms with Gasteiger partial charge >= 0.3 is 0 Å². The van der Waals surface area contributed by atoms with Crippen LogP contribution in [0, 0.1) is 6.92 Å². The van der Waals surface area contributed by atoms with Crippen LogP contribution in [0.25, 0.3) is 27.0 Å². The number of imidazole rings is 1. The summed E-state index contributed by atoms with van der Waals surface area (Å²) in [6.07, 6.45) is 2.92. The van der Waals surface area contributed by atoms with Gasteiger partial charge in [-0.3, -0.25) is 14.1 Å². The number of aromatic nitrogens is 2. The summed E-state index contributed by atoms with van der Waals surface area (Å²) in [7, 11) is 0. The lowest BCUT2D eigenvalue weighted by Crippen LogP contribution is -2.30. The van der Waals surface area contributed by atoms with Gasteiger partial charge in [-0.15, -0.1) is 11.3 Å². The Morgan fingerprint density at radius 3 is 2.73 bits per heavy atom. The lowest BCUT2D eigenvalue weighted by molar-refractivity contribution is -0.116. The SMILES string of the molecule is CCCN(C(C)=O)c1c(-c2sccc2C)nc2c3ccccc3ccn12. The van der Waals surface area contributed by atoms with Crippen molar-refractivity contribution in [2.75, 3.05) is 11.4 Å². The van der Waals surface area contributed by atoms with Crippen LogP contribution in [0.2, 0.25) is 0 Å². The van der Waals surface area contributed by atoms with Crippen molar-refractivity contribution in [3.8, 4) is 10.6 Å². The first-order valence-corrected chi connectivity index (χ1v) is 9.72. The Bertz CT molecular complexity index is 1110. The van der Waals surface area contributed by atoms with Gasteiger partial charge in [-0.05, 0) is 41.8 Å². The van der Waals surface area contributed by atoms with Crippen LogP contribution in [0.5, 0.6) is 0 Å². The van der Waals surface area contributed by atoms with Gasteiger partial charge < -0.3 is 0 Å². The van der Waals surface area contributed by atoms with E-state index in [1.54, 1.807) is 18.3 Å². The molecule has 0 atom stereocenters. The third kappa shape index (κ3) is 2.59. The molecule has 0 aliphatic heterocycles. The first-order valence-electron chi connectivity index (χ1n) is 8.84. The zero-order valence-electron chi connectivity index (χ0n) is 15.2. The molecule has 3 aromatic heterocycles. The van der Waals surface area contributed by atoms with Crippen molar-refractivity contribution in [2.45, 2.75) is 27.2 Å². The molecule has 0 aliphatic rings. The summed E-state index contributed by atoms with van der Waals surface area (Å²) >= 11 is 1.67. The highest BCUT2D eigenvalue weighted by molar-refractivity contribution is 7.13. The lowest BCUT2D eigenvalue weighted by Gasteiger charge is -2.21. The Labute approximate surface area is 156 Å². The average molecular weight is 363 g/mol. The fourth-order valence-electron chi connectivity index (χ4n) is 3.42. The number of pyridine rings is 1. The maximum atomic E-state index is 12.4. The van der Waals surface area contributed by atoms with Crippen LogP contribution in [0.15, 0.2) is 48.0 Å². The van der Waals surface area contributed by atoms with Crippen LogP contribution in [-0.4, -0.2) is 21.8 Å². The van der Waals surface area contributed by atoms with Crippen LogP contribution in [-0.2, 0) is 4.79 Å². The van der Waals surface area contributed by atoms with Crippen molar-refractivity contribution in [3.05, 3.63) is 53.5 Å². The Kier molecular flexibility index (Phi) is 4.24.